The van der Waals surface area contributed by atoms with Crippen LogP contribution in [0, 0.1) is 0 Å². The summed E-state index contributed by atoms with van der Waals surface area (Å²) in [6.45, 7) is 0. The zero-order chi connectivity index (χ0) is 12.6. The van der Waals surface area contributed by atoms with Crippen molar-refractivity contribution in [1.29, 1.82) is 0 Å². The van der Waals surface area contributed by atoms with Crippen LogP contribution in [0.25, 0.3) is 0 Å². The second kappa shape index (κ2) is 4.23. The largest absolute Gasteiger partial charge is 0.416 e. The van der Waals surface area contributed by atoms with Crippen LogP contribution in [0.1, 0.15) is 11.1 Å². The molecule has 0 bridgehead atoms. The van der Waals surface area contributed by atoms with E-state index in [0.717, 1.165) is 6.07 Å². The predicted octanol–water partition coefficient (Wildman–Crippen LogP) is 2.15. The lowest BCUT2D eigenvalue weighted by molar-refractivity contribution is -0.138. The van der Waals surface area contributed by atoms with Gasteiger partial charge in [0.2, 0.25) is 10.0 Å². The number of benzene rings is 1. The summed E-state index contributed by atoms with van der Waals surface area (Å²) in [6.07, 6.45) is -4.66. The maximum absolute atomic E-state index is 12.5. The molecule has 0 heterocycles. The van der Waals surface area contributed by atoms with Gasteiger partial charge in [-0.1, -0.05) is 17.7 Å². The molecule has 0 spiro atoms. The zero-order valence-electron chi connectivity index (χ0n) is 7.75. The van der Waals surface area contributed by atoms with E-state index in [1.54, 1.807) is 0 Å². The number of sulfonamides is 1. The molecule has 3 nitrogen and oxygen atoms in total. The number of nitrogens with two attached hydrogens (primary N) is 1. The lowest BCUT2D eigenvalue weighted by atomic mass is 10.1. The first-order chi connectivity index (χ1) is 7.09. The van der Waals surface area contributed by atoms with Crippen LogP contribution in [0.15, 0.2) is 18.2 Å². The molecule has 0 radical (unpaired) electrons. The highest BCUT2D eigenvalue weighted by Crippen LogP contribution is 2.34. The molecular weight excluding hydrogens is 267 g/mol. The summed E-state index contributed by atoms with van der Waals surface area (Å²) in [5, 5.41) is 4.57. The average molecular weight is 274 g/mol. The molecule has 16 heavy (non-hydrogen) atoms. The van der Waals surface area contributed by atoms with Gasteiger partial charge in [0.25, 0.3) is 0 Å². The number of primary sulfonamides is 1. The summed E-state index contributed by atoms with van der Waals surface area (Å²) in [5.74, 6) is -0.876. The fraction of sp³-hybridized carbons (Fsp3) is 0.250. The fourth-order valence-corrected chi connectivity index (χ4v) is 2.01. The Morgan fingerprint density at radius 2 is 1.88 bits per heavy atom. The highest BCUT2D eigenvalue weighted by molar-refractivity contribution is 7.88. The molecule has 2 N–H and O–H groups in total. The number of halogens is 4. The summed E-state index contributed by atoms with van der Waals surface area (Å²) in [4.78, 5) is 0. The van der Waals surface area contributed by atoms with Crippen LogP contribution in [0.3, 0.4) is 0 Å². The molecule has 0 aliphatic rings. The summed E-state index contributed by atoms with van der Waals surface area (Å²) < 4.78 is 59.0. The van der Waals surface area contributed by atoms with Crippen molar-refractivity contribution in [3.8, 4) is 0 Å². The Hall–Kier alpha value is -0.790. The molecule has 0 fully saturated rings. The fourth-order valence-electron chi connectivity index (χ4n) is 1.16. The lowest BCUT2D eigenvalue weighted by Gasteiger charge is -2.12. The van der Waals surface area contributed by atoms with Gasteiger partial charge in [-0.3, -0.25) is 0 Å². The molecule has 0 aliphatic carbocycles. The van der Waals surface area contributed by atoms with E-state index in [4.69, 9.17) is 11.6 Å². The highest BCUT2D eigenvalue weighted by Gasteiger charge is 2.34. The van der Waals surface area contributed by atoms with E-state index in [9.17, 15) is 21.6 Å². The number of hydrogen-bond acceptors (Lipinski definition) is 2. The third kappa shape index (κ3) is 3.66. The van der Waals surface area contributed by atoms with Crippen molar-refractivity contribution in [1.82, 2.24) is 0 Å². The Labute approximate surface area is 95.1 Å². The van der Waals surface area contributed by atoms with Gasteiger partial charge in [-0.25, -0.2) is 13.6 Å². The first-order valence-electron chi connectivity index (χ1n) is 3.96. The van der Waals surface area contributed by atoms with Crippen molar-refractivity contribution in [3.63, 3.8) is 0 Å². The van der Waals surface area contributed by atoms with E-state index in [1.807, 2.05) is 0 Å². The summed E-state index contributed by atoms with van der Waals surface area (Å²) in [5.41, 5.74) is -1.51. The first kappa shape index (κ1) is 13.3. The number of rotatable bonds is 2. The predicted molar refractivity (Wildman–Crippen MR) is 53.3 cm³/mol. The van der Waals surface area contributed by atoms with Gasteiger partial charge in [-0.05, 0) is 17.7 Å². The van der Waals surface area contributed by atoms with Crippen LogP contribution in [0.5, 0.6) is 0 Å². The Morgan fingerprint density at radius 3 is 2.31 bits per heavy atom. The Morgan fingerprint density at radius 1 is 1.31 bits per heavy atom. The molecule has 90 valence electrons. The number of hydrogen-bond donors (Lipinski definition) is 1. The van der Waals surface area contributed by atoms with Gasteiger partial charge in [0.05, 0.1) is 11.3 Å². The summed E-state index contributed by atoms with van der Waals surface area (Å²) in [6, 6.07) is 2.84. The van der Waals surface area contributed by atoms with Gasteiger partial charge in [-0.2, -0.15) is 13.2 Å². The van der Waals surface area contributed by atoms with Crippen molar-refractivity contribution in [2.75, 3.05) is 0 Å². The number of alkyl halides is 3. The van der Waals surface area contributed by atoms with Crippen LogP contribution in [0.2, 0.25) is 5.02 Å². The van der Waals surface area contributed by atoms with Gasteiger partial charge in [0.15, 0.2) is 0 Å². The smallest absolute Gasteiger partial charge is 0.228 e. The first-order valence-corrected chi connectivity index (χ1v) is 6.05. The molecule has 1 aromatic carbocycles. The topological polar surface area (TPSA) is 60.2 Å². The van der Waals surface area contributed by atoms with Crippen LogP contribution in [-0.2, 0) is 22.0 Å². The minimum atomic E-state index is -4.66. The molecule has 0 aromatic heterocycles. The second-order valence-electron chi connectivity index (χ2n) is 3.11. The third-order valence-electron chi connectivity index (χ3n) is 1.73. The molecule has 0 atom stereocenters. The lowest BCUT2D eigenvalue weighted by Crippen LogP contribution is -2.18. The quantitative estimate of drug-likeness (QED) is 0.897. The normalized spacial score (nSPS) is 12.8. The minimum Gasteiger partial charge on any atom is -0.228 e. The standard InChI is InChI=1S/C8H7ClF3NO2S/c9-6-2-1-5(4-16(13,14)15)7(3-6)8(10,11)12/h1-3H,4H2,(H2,13,14,15). The van der Waals surface area contributed by atoms with E-state index in [0.29, 0.717) is 6.07 Å². The van der Waals surface area contributed by atoms with Crippen molar-refractivity contribution < 1.29 is 21.6 Å². The van der Waals surface area contributed by atoms with E-state index >= 15 is 0 Å². The van der Waals surface area contributed by atoms with E-state index in [2.05, 4.69) is 5.14 Å². The van der Waals surface area contributed by atoms with E-state index in [1.165, 1.54) is 6.07 Å². The van der Waals surface area contributed by atoms with E-state index in [-0.39, 0.29) is 5.02 Å². The van der Waals surface area contributed by atoms with Crippen molar-refractivity contribution in [2.45, 2.75) is 11.9 Å². The summed E-state index contributed by atoms with van der Waals surface area (Å²) in [7, 11) is -4.02. The highest BCUT2D eigenvalue weighted by atomic mass is 35.5. The SMILES string of the molecule is NS(=O)(=O)Cc1ccc(Cl)cc1C(F)(F)F. The maximum Gasteiger partial charge on any atom is 0.416 e. The maximum atomic E-state index is 12.5. The Balaban J connectivity index is 3.29. The Bertz CT molecular complexity index is 498. The summed E-state index contributed by atoms with van der Waals surface area (Å²) >= 11 is 5.41. The van der Waals surface area contributed by atoms with Gasteiger partial charge < -0.3 is 0 Å². The second-order valence-corrected chi connectivity index (χ2v) is 5.16. The van der Waals surface area contributed by atoms with Crippen LogP contribution in [0.4, 0.5) is 13.2 Å². The van der Waals surface area contributed by atoms with Crippen LogP contribution in [-0.4, -0.2) is 8.42 Å². The molecule has 0 amide bonds. The molecular formula is C8H7ClF3NO2S. The molecule has 0 unspecified atom stereocenters. The zero-order valence-corrected chi connectivity index (χ0v) is 9.33. The molecule has 8 heteroatoms. The van der Waals surface area contributed by atoms with Crippen molar-refractivity contribution >= 4 is 21.6 Å². The molecule has 0 aliphatic heterocycles. The molecule has 0 saturated heterocycles. The van der Waals surface area contributed by atoms with Gasteiger partial charge >= 0.3 is 6.18 Å². The molecule has 1 aromatic rings. The van der Waals surface area contributed by atoms with Crippen molar-refractivity contribution in [2.24, 2.45) is 5.14 Å². The van der Waals surface area contributed by atoms with Gasteiger partial charge in [-0.15, -0.1) is 0 Å². The molecule has 0 saturated carbocycles. The van der Waals surface area contributed by atoms with Crippen LogP contribution >= 0.6 is 11.6 Å². The van der Waals surface area contributed by atoms with Gasteiger partial charge in [0, 0.05) is 5.02 Å². The monoisotopic (exact) mass is 273 g/mol. The Kier molecular flexibility index (Phi) is 3.51. The molecule has 1 rings (SSSR count). The minimum absolute atomic E-state index is 0.120. The van der Waals surface area contributed by atoms with Crippen LogP contribution < -0.4 is 5.14 Å². The van der Waals surface area contributed by atoms with E-state index < -0.39 is 33.1 Å². The van der Waals surface area contributed by atoms with Crippen molar-refractivity contribution in [3.05, 3.63) is 34.3 Å². The third-order valence-corrected chi connectivity index (χ3v) is 2.68. The average Bonchev–Trinajstić information content (AvgIpc) is 2.04. The van der Waals surface area contributed by atoms with Gasteiger partial charge in [0.1, 0.15) is 0 Å².